The molecule has 0 heterocycles. The summed E-state index contributed by atoms with van der Waals surface area (Å²) < 4.78 is 0. The lowest BCUT2D eigenvalue weighted by Crippen LogP contribution is -2.10. The molecule has 0 saturated heterocycles. The van der Waals surface area contributed by atoms with E-state index in [-0.39, 0.29) is 0 Å². The van der Waals surface area contributed by atoms with E-state index in [4.69, 9.17) is 11.6 Å². The van der Waals surface area contributed by atoms with Crippen LogP contribution in [0, 0.1) is 0 Å². The number of anilines is 1. The highest BCUT2D eigenvalue weighted by molar-refractivity contribution is 6.30. The van der Waals surface area contributed by atoms with Crippen LogP contribution in [0.5, 0.6) is 0 Å². The Hall–Kier alpha value is -2.33. The maximum Gasteiger partial charge on any atom is 0.437 e. The predicted molar refractivity (Wildman–Crippen MR) is 75.6 cm³/mol. The lowest BCUT2D eigenvalue weighted by Gasteiger charge is -2.01. The fourth-order valence-corrected chi connectivity index (χ4v) is 1.47. The highest BCUT2D eigenvalue weighted by Crippen LogP contribution is 2.08. The number of nitrogens with one attached hydrogen (secondary N) is 1. The van der Waals surface area contributed by atoms with E-state index >= 15 is 0 Å². The number of carbonyl (C=O) groups is 1. The number of amides is 1. The summed E-state index contributed by atoms with van der Waals surface area (Å²) >= 11 is 5.75. The van der Waals surface area contributed by atoms with Crippen LogP contribution in [0.25, 0.3) is 0 Å². The fourth-order valence-electron chi connectivity index (χ4n) is 1.35. The first-order valence-corrected chi connectivity index (χ1v) is 5.94. The summed E-state index contributed by atoms with van der Waals surface area (Å²) in [6, 6.07) is 16.0. The number of rotatable bonds is 3. The number of nitrogens with zero attached hydrogens (tertiary/aromatic N) is 1. The number of para-hydroxylation sites is 1. The minimum Gasteiger partial charge on any atom is -0.298 e. The van der Waals surface area contributed by atoms with Crippen LogP contribution in [0.2, 0.25) is 5.02 Å². The Bertz CT molecular complexity index is 568. The molecule has 19 heavy (non-hydrogen) atoms. The molecule has 0 aliphatic carbocycles. The molecule has 4 nitrogen and oxygen atoms in total. The van der Waals surface area contributed by atoms with E-state index < -0.39 is 6.09 Å². The van der Waals surface area contributed by atoms with Gasteiger partial charge >= 0.3 is 6.09 Å². The van der Waals surface area contributed by atoms with Gasteiger partial charge in [-0.05, 0) is 29.8 Å². The van der Waals surface area contributed by atoms with Gasteiger partial charge < -0.3 is 0 Å². The average Bonchev–Trinajstić information content (AvgIpc) is 2.42. The summed E-state index contributed by atoms with van der Waals surface area (Å²) in [4.78, 5) is 16.1. The zero-order valence-corrected chi connectivity index (χ0v) is 10.7. The summed E-state index contributed by atoms with van der Waals surface area (Å²) in [7, 11) is 0. The Labute approximate surface area is 115 Å². The fraction of sp³-hybridized carbons (Fsp3) is 0. The quantitative estimate of drug-likeness (QED) is 0.524. The maximum absolute atomic E-state index is 11.4. The third-order valence-corrected chi connectivity index (χ3v) is 2.48. The average molecular weight is 275 g/mol. The molecule has 2 aromatic carbocycles. The summed E-state index contributed by atoms with van der Waals surface area (Å²) in [5, 5.41) is 6.77. The summed E-state index contributed by atoms with van der Waals surface area (Å²) in [5.74, 6) is 0. The molecular weight excluding hydrogens is 264 g/mol. The van der Waals surface area contributed by atoms with Crippen LogP contribution in [0.15, 0.2) is 59.8 Å². The molecule has 1 amide bonds. The van der Waals surface area contributed by atoms with E-state index in [1.165, 1.54) is 6.21 Å². The summed E-state index contributed by atoms with van der Waals surface area (Å²) in [5.41, 5.74) is 1.44. The predicted octanol–water partition coefficient (Wildman–Crippen LogP) is 3.92. The largest absolute Gasteiger partial charge is 0.437 e. The highest BCUT2D eigenvalue weighted by Gasteiger charge is 2.00. The molecule has 5 heteroatoms. The lowest BCUT2D eigenvalue weighted by molar-refractivity contribution is 0.167. The second kappa shape index (κ2) is 6.56. The van der Waals surface area contributed by atoms with E-state index in [0.717, 1.165) is 5.56 Å². The number of hydrogen-bond acceptors (Lipinski definition) is 3. The number of hydrogen-bond donors (Lipinski definition) is 1. The molecule has 96 valence electrons. The van der Waals surface area contributed by atoms with Crippen LogP contribution < -0.4 is 5.32 Å². The minimum atomic E-state index is -0.642. The third-order valence-electron chi connectivity index (χ3n) is 2.23. The Morgan fingerprint density at radius 3 is 2.47 bits per heavy atom. The van der Waals surface area contributed by atoms with Gasteiger partial charge in [-0.25, -0.2) is 4.79 Å². The van der Waals surface area contributed by atoms with Gasteiger partial charge in [0.1, 0.15) is 0 Å². The van der Waals surface area contributed by atoms with Gasteiger partial charge in [-0.15, -0.1) is 0 Å². The standard InChI is InChI=1S/C14H11ClN2O2/c15-12-8-6-11(7-9-12)10-16-19-14(18)17-13-4-2-1-3-5-13/h1-10H,(H,17,18)/b16-10+. The number of carbonyl (C=O) groups excluding carboxylic acids is 1. The second-order valence-corrected chi connectivity index (χ2v) is 4.09. The van der Waals surface area contributed by atoms with E-state index in [1.807, 2.05) is 18.2 Å². The van der Waals surface area contributed by atoms with Gasteiger partial charge in [0.2, 0.25) is 0 Å². The van der Waals surface area contributed by atoms with E-state index in [0.29, 0.717) is 10.7 Å². The van der Waals surface area contributed by atoms with Crippen molar-refractivity contribution in [3.05, 3.63) is 65.2 Å². The van der Waals surface area contributed by atoms with Gasteiger partial charge in [0.25, 0.3) is 0 Å². The van der Waals surface area contributed by atoms with Crippen LogP contribution in [0.4, 0.5) is 10.5 Å². The third kappa shape index (κ3) is 4.44. The molecule has 2 rings (SSSR count). The van der Waals surface area contributed by atoms with Crippen LogP contribution in [0.3, 0.4) is 0 Å². The Morgan fingerprint density at radius 2 is 1.79 bits per heavy atom. The van der Waals surface area contributed by atoms with Crippen molar-refractivity contribution in [3.63, 3.8) is 0 Å². The van der Waals surface area contributed by atoms with Gasteiger partial charge in [-0.3, -0.25) is 10.2 Å². The van der Waals surface area contributed by atoms with Crippen molar-refractivity contribution in [2.24, 2.45) is 5.16 Å². The maximum atomic E-state index is 11.4. The van der Waals surface area contributed by atoms with Crippen molar-refractivity contribution >= 4 is 29.6 Å². The van der Waals surface area contributed by atoms with Crippen molar-refractivity contribution in [3.8, 4) is 0 Å². The van der Waals surface area contributed by atoms with Gasteiger partial charge in [0, 0.05) is 10.7 Å². The molecule has 0 unspecified atom stereocenters. The van der Waals surface area contributed by atoms with Crippen molar-refractivity contribution in [1.82, 2.24) is 0 Å². The summed E-state index contributed by atoms with van der Waals surface area (Å²) in [6.07, 6.45) is 0.789. The molecule has 0 radical (unpaired) electrons. The van der Waals surface area contributed by atoms with Gasteiger partial charge in [-0.1, -0.05) is 47.1 Å². The monoisotopic (exact) mass is 274 g/mol. The van der Waals surface area contributed by atoms with Crippen molar-refractivity contribution in [1.29, 1.82) is 0 Å². The first-order chi connectivity index (χ1) is 9.24. The van der Waals surface area contributed by atoms with Gasteiger partial charge in [0.05, 0.1) is 6.21 Å². The van der Waals surface area contributed by atoms with Crippen LogP contribution in [-0.4, -0.2) is 12.3 Å². The second-order valence-electron chi connectivity index (χ2n) is 3.66. The molecule has 2 aromatic rings. The first kappa shape index (κ1) is 13.1. The van der Waals surface area contributed by atoms with E-state index in [2.05, 4.69) is 15.3 Å². The molecule has 0 bridgehead atoms. The first-order valence-electron chi connectivity index (χ1n) is 5.56. The number of oxime groups is 1. The van der Waals surface area contributed by atoms with Crippen LogP contribution >= 0.6 is 11.6 Å². The summed E-state index contributed by atoms with van der Waals surface area (Å²) in [6.45, 7) is 0. The molecule has 0 aromatic heterocycles. The molecule has 0 aliphatic rings. The van der Waals surface area contributed by atoms with Crippen molar-refractivity contribution in [2.45, 2.75) is 0 Å². The highest BCUT2D eigenvalue weighted by atomic mass is 35.5. The normalized spacial score (nSPS) is 10.4. The Balaban J connectivity index is 1.85. The number of benzene rings is 2. The van der Waals surface area contributed by atoms with Gasteiger partial charge in [-0.2, -0.15) is 0 Å². The van der Waals surface area contributed by atoms with E-state index in [9.17, 15) is 4.79 Å². The topological polar surface area (TPSA) is 50.7 Å². The molecule has 0 atom stereocenters. The lowest BCUT2D eigenvalue weighted by atomic mass is 10.2. The van der Waals surface area contributed by atoms with E-state index in [1.54, 1.807) is 36.4 Å². The minimum absolute atomic E-state index is 0.639. The number of halogens is 1. The molecule has 0 fully saturated rings. The van der Waals surface area contributed by atoms with Crippen molar-refractivity contribution in [2.75, 3.05) is 5.32 Å². The SMILES string of the molecule is O=C(Nc1ccccc1)O/N=C/c1ccc(Cl)cc1. The van der Waals surface area contributed by atoms with Crippen LogP contribution in [-0.2, 0) is 4.84 Å². The molecule has 1 N–H and O–H groups in total. The molecule has 0 spiro atoms. The molecular formula is C14H11ClN2O2. The Kier molecular flexibility index (Phi) is 4.53. The zero-order valence-electron chi connectivity index (χ0n) is 9.92. The van der Waals surface area contributed by atoms with Gasteiger partial charge in [0.15, 0.2) is 0 Å². The Morgan fingerprint density at radius 1 is 1.11 bits per heavy atom. The van der Waals surface area contributed by atoms with Crippen LogP contribution in [0.1, 0.15) is 5.56 Å². The zero-order chi connectivity index (χ0) is 13.5. The smallest absolute Gasteiger partial charge is 0.298 e. The molecule has 0 saturated carbocycles. The molecule has 0 aliphatic heterocycles. The van der Waals surface area contributed by atoms with Crippen molar-refractivity contribution < 1.29 is 9.63 Å².